The van der Waals surface area contributed by atoms with Crippen LogP contribution < -0.4 is 9.13 Å². The molecule has 0 unspecified atom stereocenters. The maximum Gasteiger partial charge on any atom is 0.207 e. The number of aryl methyl sites for hydroxylation is 2. The van der Waals surface area contributed by atoms with E-state index in [4.69, 9.17) is 9.47 Å². The maximum absolute atomic E-state index is 6.04. The highest BCUT2D eigenvalue weighted by Crippen LogP contribution is 2.10. The predicted molar refractivity (Wildman–Crippen MR) is 167 cm³/mol. The first-order valence-corrected chi connectivity index (χ1v) is 16.9. The van der Waals surface area contributed by atoms with Crippen molar-refractivity contribution in [1.82, 2.24) is 0 Å². The fraction of sp³-hybridized carbons (Fsp3) is 0.722. The summed E-state index contributed by atoms with van der Waals surface area (Å²) in [4.78, 5) is 0. The second kappa shape index (κ2) is 25.0. The van der Waals surface area contributed by atoms with Crippen molar-refractivity contribution in [3.63, 3.8) is 0 Å². The summed E-state index contributed by atoms with van der Waals surface area (Å²) in [5.41, 5.74) is 2.57. The van der Waals surface area contributed by atoms with Crippen molar-refractivity contribution in [3.8, 4) is 0 Å². The lowest BCUT2D eigenvalue weighted by Gasteiger charge is -2.07. The zero-order valence-electron chi connectivity index (χ0n) is 26.3. The normalized spacial score (nSPS) is 11.3. The fourth-order valence-electron chi connectivity index (χ4n) is 5.32. The predicted octanol–water partition coefficient (Wildman–Crippen LogP) is 9.06. The van der Waals surface area contributed by atoms with Crippen LogP contribution in [-0.4, -0.2) is 13.2 Å². The molecule has 2 heterocycles. The maximum atomic E-state index is 6.04. The molecule has 0 bridgehead atoms. The quantitative estimate of drug-likeness (QED) is 0.0813. The lowest BCUT2D eigenvalue weighted by molar-refractivity contribution is -0.706. The van der Waals surface area contributed by atoms with Gasteiger partial charge in [0.2, 0.25) is 11.4 Å². The molecular formula is C36H62N2O2+2. The minimum atomic E-state index is 0.696. The Morgan fingerprint density at radius 3 is 1.23 bits per heavy atom. The number of ether oxygens (including phenoxy) is 2. The zero-order valence-corrected chi connectivity index (χ0v) is 26.3. The molecule has 0 atom stereocenters. The van der Waals surface area contributed by atoms with Crippen molar-refractivity contribution in [1.29, 1.82) is 0 Å². The molecule has 2 rings (SSSR count). The van der Waals surface area contributed by atoms with Gasteiger partial charge in [-0.3, -0.25) is 0 Å². The van der Waals surface area contributed by atoms with E-state index < -0.39 is 0 Å². The molecule has 0 aliphatic rings. The van der Waals surface area contributed by atoms with E-state index in [0.29, 0.717) is 13.2 Å². The van der Waals surface area contributed by atoms with Crippen molar-refractivity contribution < 1.29 is 18.6 Å². The summed E-state index contributed by atoms with van der Waals surface area (Å²) in [5.74, 6) is 0. The molecule has 0 fully saturated rings. The molecule has 226 valence electrons. The summed E-state index contributed by atoms with van der Waals surface area (Å²) < 4.78 is 16.8. The second-order valence-electron chi connectivity index (χ2n) is 11.5. The van der Waals surface area contributed by atoms with Crippen LogP contribution in [0.15, 0.2) is 48.8 Å². The highest BCUT2D eigenvalue weighted by molar-refractivity contribution is 4.96. The van der Waals surface area contributed by atoms with Gasteiger partial charge >= 0.3 is 0 Å². The Morgan fingerprint density at radius 2 is 0.825 bits per heavy atom. The summed E-state index contributed by atoms with van der Waals surface area (Å²) >= 11 is 0. The molecular weight excluding hydrogens is 492 g/mol. The van der Waals surface area contributed by atoms with Crippen molar-refractivity contribution in [2.45, 2.75) is 156 Å². The van der Waals surface area contributed by atoms with Crippen LogP contribution in [0.5, 0.6) is 0 Å². The fourth-order valence-corrected chi connectivity index (χ4v) is 5.32. The Hall–Kier alpha value is -1.78. The Morgan fingerprint density at radius 1 is 0.450 bits per heavy atom. The number of hydrogen-bond acceptors (Lipinski definition) is 2. The first kappa shape index (κ1) is 34.4. The van der Waals surface area contributed by atoms with Gasteiger partial charge in [0.05, 0.1) is 0 Å². The molecule has 0 amide bonds. The number of hydrogen-bond donors (Lipinski definition) is 0. The van der Waals surface area contributed by atoms with Crippen LogP contribution in [-0.2, 0) is 35.8 Å². The summed E-state index contributed by atoms with van der Waals surface area (Å²) in [5, 5.41) is 0. The topological polar surface area (TPSA) is 26.2 Å². The molecule has 40 heavy (non-hydrogen) atoms. The van der Waals surface area contributed by atoms with Gasteiger partial charge in [-0.2, -0.15) is 0 Å². The van der Waals surface area contributed by atoms with E-state index in [2.05, 4.69) is 71.8 Å². The van der Waals surface area contributed by atoms with Crippen molar-refractivity contribution in [2.24, 2.45) is 0 Å². The van der Waals surface area contributed by atoms with Gasteiger partial charge in [0.15, 0.2) is 12.4 Å². The van der Waals surface area contributed by atoms with Crippen LogP contribution in [0.2, 0.25) is 0 Å². The summed E-state index contributed by atoms with van der Waals surface area (Å²) in [6, 6.07) is 12.9. The van der Waals surface area contributed by atoms with Gasteiger partial charge in [-0.1, -0.05) is 103 Å². The number of aromatic nitrogens is 2. The molecule has 4 heteroatoms. The third-order valence-electron chi connectivity index (χ3n) is 7.90. The number of rotatable bonds is 27. The Balaban J connectivity index is 1.51. The van der Waals surface area contributed by atoms with Gasteiger partial charge in [0.1, 0.15) is 26.3 Å². The zero-order chi connectivity index (χ0) is 28.4. The van der Waals surface area contributed by atoms with Crippen LogP contribution in [0.25, 0.3) is 0 Å². The van der Waals surface area contributed by atoms with Crippen LogP contribution in [0, 0.1) is 0 Å². The molecule has 0 radical (unpaired) electrons. The van der Waals surface area contributed by atoms with Gasteiger partial charge in [0.25, 0.3) is 0 Å². The molecule has 0 aromatic carbocycles. The van der Waals surface area contributed by atoms with Gasteiger partial charge < -0.3 is 9.47 Å². The van der Waals surface area contributed by atoms with Crippen molar-refractivity contribution >= 4 is 0 Å². The Kier molecular flexibility index (Phi) is 21.5. The molecule has 4 nitrogen and oxygen atoms in total. The van der Waals surface area contributed by atoms with Gasteiger partial charge in [-0.15, -0.1) is 0 Å². The molecule has 0 aliphatic heterocycles. The SMILES string of the molecule is CCCCCCCCCC[n+]1ccccc1COCCCCOCc1cccc[n+]1CCCCCCCCCC. The third kappa shape index (κ3) is 17.1. The third-order valence-corrected chi connectivity index (χ3v) is 7.90. The van der Waals surface area contributed by atoms with Crippen LogP contribution >= 0.6 is 0 Å². The lowest BCUT2D eigenvalue weighted by atomic mass is 10.1. The van der Waals surface area contributed by atoms with Crippen molar-refractivity contribution in [3.05, 3.63) is 60.2 Å². The minimum Gasteiger partial charge on any atom is -0.370 e. The summed E-state index contributed by atoms with van der Waals surface area (Å²) in [6.45, 7) is 9.74. The van der Waals surface area contributed by atoms with Crippen LogP contribution in [0.4, 0.5) is 0 Å². The molecule has 0 saturated carbocycles. The van der Waals surface area contributed by atoms with Gasteiger partial charge in [-0.25, -0.2) is 9.13 Å². The lowest BCUT2D eigenvalue weighted by Crippen LogP contribution is -2.38. The van der Waals surface area contributed by atoms with Crippen molar-refractivity contribution in [2.75, 3.05) is 13.2 Å². The highest BCUT2D eigenvalue weighted by Gasteiger charge is 2.11. The molecule has 0 N–H and O–H groups in total. The van der Waals surface area contributed by atoms with E-state index in [1.807, 2.05) is 0 Å². The minimum absolute atomic E-state index is 0.696. The average molecular weight is 555 g/mol. The standard InChI is InChI=1S/C36H62N2O2/c1-3-5-7-9-11-13-15-19-27-37-29-21-17-25-35(37)33-39-31-23-24-32-40-34-36-26-18-22-30-38(36)28-20-16-14-12-10-8-6-4-2/h17-18,21-22,25-26,29-30H,3-16,19-20,23-24,27-28,31-34H2,1-2H3/q+2. The second-order valence-corrected chi connectivity index (χ2v) is 11.5. The van der Waals surface area contributed by atoms with E-state index in [1.54, 1.807) is 0 Å². The molecule has 2 aromatic rings. The number of nitrogens with zero attached hydrogens (tertiary/aromatic N) is 2. The summed E-state index contributed by atoms with van der Waals surface area (Å²) in [6.07, 6.45) is 28.3. The van der Waals surface area contributed by atoms with Gasteiger partial charge in [0, 0.05) is 50.3 Å². The molecule has 0 spiro atoms. The molecule has 2 aromatic heterocycles. The monoisotopic (exact) mass is 554 g/mol. The van der Waals surface area contributed by atoms with Crippen LogP contribution in [0.1, 0.15) is 141 Å². The summed E-state index contributed by atoms with van der Waals surface area (Å²) in [7, 11) is 0. The highest BCUT2D eigenvalue weighted by atomic mass is 16.5. The van der Waals surface area contributed by atoms with E-state index in [1.165, 1.54) is 114 Å². The Bertz CT molecular complexity index is 772. The van der Waals surface area contributed by atoms with Gasteiger partial charge in [-0.05, 0) is 25.7 Å². The molecule has 0 aliphatic carbocycles. The number of pyridine rings is 2. The van der Waals surface area contributed by atoms with E-state index in [9.17, 15) is 0 Å². The van der Waals surface area contributed by atoms with E-state index >= 15 is 0 Å². The molecule has 0 saturated heterocycles. The first-order valence-electron chi connectivity index (χ1n) is 16.9. The van der Waals surface area contributed by atoms with Crippen LogP contribution in [0.3, 0.4) is 0 Å². The van der Waals surface area contributed by atoms with E-state index in [0.717, 1.165) is 39.1 Å². The largest absolute Gasteiger partial charge is 0.370 e. The first-order chi connectivity index (χ1) is 19.8. The van der Waals surface area contributed by atoms with E-state index in [-0.39, 0.29) is 0 Å². The Labute approximate surface area is 247 Å². The average Bonchev–Trinajstić information content (AvgIpc) is 2.98. The smallest absolute Gasteiger partial charge is 0.207 e. The number of unbranched alkanes of at least 4 members (excludes halogenated alkanes) is 15.